The van der Waals surface area contributed by atoms with Gasteiger partial charge in [0, 0.05) is 26.7 Å². The number of nitrogens with zero attached hydrogens (tertiary/aromatic N) is 3. The predicted molar refractivity (Wildman–Crippen MR) is 94.8 cm³/mol. The fraction of sp³-hybridized carbons (Fsp3) is 0.706. The highest BCUT2D eigenvalue weighted by atomic mass is 16.3. The van der Waals surface area contributed by atoms with Gasteiger partial charge in [0.15, 0.2) is 5.96 Å². The van der Waals surface area contributed by atoms with Gasteiger partial charge in [-0.1, -0.05) is 6.92 Å². The van der Waals surface area contributed by atoms with Gasteiger partial charge in [-0.05, 0) is 51.7 Å². The molecule has 1 saturated heterocycles. The largest absolute Gasteiger partial charge is 0.468 e. The number of aliphatic imine (C=N–C) groups is 1. The molecule has 0 saturated carbocycles. The number of likely N-dealkylation sites (tertiary alicyclic amines) is 1. The first-order chi connectivity index (χ1) is 11.2. The number of guanidine groups is 1. The van der Waals surface area contributed by atoms with Crippen molar-refractivity contribution in [2.24, 2.45) is 4.99 Å². The summed E-state index contributed by atoms with van der Waals surface area (Å²) in [5, 5.41) is 6.82. The van der Waals surface area contributed by atoms with Gasteiger partial charge in [0.25, 0.3) is 0 Å². The van der Waals surface area contributed by atoms with E-state index in [9.17, 15) is 0 Å². The maximum absolute atomic E-state index is 5.65. The molecular weight excluding hydrogens is 290 g/mol. The van der Waals surface area contributed by atoms with Crippen LogP contribution in [0.3, 0.4) is 0 Å². The SMILES string of the molecule is CCN(C)CCNC(=NC)NCC(c1ccco1)N1CCCC1. The number of nitrogens with one attached hydrogen (secondary N) is 2. The monoisotopic (exact) mass is 321 g/mol. The molecule has 1 aliphatic rings. The van der Waals surface area contributed by atoms with Crippen molar-refractivity contribution in [1.82, 2.24) is 20.4 Å². The minimum Gasteiger partial charge on any atom is -0.468 e. The third-order valence-corrected chi connectivity index (χ3v) is 4.47. The Morgan fingerprint density at radius 1 is 1.39 bits per heavy atom. The van der Waals surface area contributed by atoms with Crippen molar-refractivity contribution >= 4 is 5.96 Å². The molecule has 1 aromatic heterocycles. The Bertz CT molecular complexity index is 454. The van der Waals surface area contributed by atoms with E-state index in [1.807, 2.05) is 13.1 Å². The van der Waals surface area contributed by atoms with Gasteiger partial charge in [-0.2, -0.15) is 0 Å². The second-order valence-corrected chi connectivity index (χ2v) is 6.05. The fourth-order valence-electron chi connectivity index (χ4n) is 2.88. The molecule has 2 N–H and O–H groups in total. The van der Waals surface area contributed by atoms with Gasteiger partial charge in [0.2, 0.25) is 0 Å². The zero-order valence-electron chi connectivity index (χ0n) is 14.7. The summed E-state index contributed by atoms with van der Waals surface area (Å²) in [4.78, 5) is 9.08. The second kappa shape index (κ2) is 9.57. The predicted octanol–water partition coefficient (Wildman–Crippen LogP) is 1.53. The van der Waals surface area contributed by atoms with Crippen LogP contribution in [0.15, 0.2) is 27.8 Å². The Balaban J connectivity index is 1.84. The van der Waals surface area contributed by atoms with Crippen LogP contribution < -0.4 is 10.6 Å². The molecule has 23 heavy (non-hydrogen) atoms. The Labute approximate surface area is 139 Å². The Morgan fingerprint density at radius 3 is 2.78 bits per heavy atom. The molecule has 1 unspecified atom stereocenters. The van der Waals surface area contributed by atoms with Crippen molar-refractivity contribution in [3.8, 4) is 0 Å². The van der Waals surface area contributed by atoms with Crippen LogP contribution >= 0.6 is 0 Å². The quantitative estimate of drug-likeness (QED) is 0.562. The molecule has 0 aliphatic carbocycles. The van der Waals surface area contributed by atoms with E-state index in [4.69, 9.17) is 4.42 Å². The van der Waals surface area contributed by atoms with Crippen LogP contribution in [-0.2, 0) is 0 Å². The lowest BCUT2D eigenvalue weighted by atomic mass is 10.2. The van der Waals surface area contributed by atoms with E-state index in [2.05, 4.69) is 45.5 Å². The van der Waals surface area contributed by atoms with Crippen molar-refractivity contribution in [1.29, 1.82) is 0 Å². The normalized spacial score (nSPS) is 17.7. The van der Waals surface area contributed by atoms with Crippen molar-refractivity contribution < 1.29 is 4.42 Å². The van der Waals surface area contributed by atoms with E-state index in [0.29, 0.717) is 0 Å². The summed E-state index contributed by atoms with van der Waals surface area (Å²) in [7, 11) is 3.94. The highest BCUT2D eigenvalue weighted by Crippen LogP contribution is 2.24. The van der Waals surface area contributed by atoms with Crippen molar-refractivity contribution in [2.75, 3.05) is 53.4 Å². The first kappa shape index (κ1) is 17.8. The van der Waals surface area contributed by atoms with Gasteiger partial charge >= 0.3 is 0 Å². The minimum atomic E-state index is 0.268. The fourth-order valence-corrected chi connectivity index (χ4v) is 2.88. The van der Waals surface area contributed by atoms with E-state index in [-0.39, 0.29) is 6.04 Å². The average Bonchev–Trinajstić information content (AvgIpc) is 3.27. The summed E-state index contributed by atoms with van der Waals surface area (Å²) >= 11 is 0. The van der Waals surface area contributed by atoms with E-state index >= 15 is 0 Å². The molecule has 1 atom stereocenters. The lowest BCUT2D eigenvalue weighted by Crippen LogP contribution is -2.44. The Hall–Kier alpha value is -1.53. The highest BCUT2D eigenvalue weighted by molar-refractivity contribution is 5.79. The summed E-state index contributed by atoms with van der Waals surface area (Å²) in [6, 6.07) is 4.30. The lowest BCUT2D eigenvalue weighted by Gasteiger charge is -2.27. The zero-order valence-corrected chi connectivity index (χ0v) is 14.7. The maximum Gasteiger partial charge on any atom is 0.191 e. The molecule has 1 aliphatic heterocycles. The van der Waals surface area contributed by atoms with Gasteiger partial charge in [0.1, 0.15) is 5.76 Å². The van der Waals surface area contributed by atoms with Crippen molar-refractivity contribution in [3.63, 3.8) is 0 Å². The summed E-state index contributed by atoms with van der Waals surface area (Å²) in [6.45, 7) is 8.20. The molecule has 1 fully saturated rings. The molecule has 2 rings (SSSR count). The van der Waals surface area contributed by atoms with Crippen LogP contribution in [0.25, 0.3) is 0 Å². The summed E-state index contributed by atoms with van der Waals surface area (Å²) in [5.41, 5.74) is 0. The van der Waals surface area contributed by atoms with Gasteiger partial charge in [0.05, 0.1) is 12.3 Å². The van der Waals surface area contributed by atoms with Crippen molar-refractivity contribution in [2.45, 2.75) is 25.8 Å². The van der Waals surface area contributed by atoms with Gasteiger partial charge in [-0.25, -0.2) is 0 Å². The van der Waals surface area contributed by atoms with Gasteiger partial charge < -0.3 is 20.0 Å². The number of hydrogen-bond acceptors (Lipinski definition) is 4. The van der Waals surface area contributed by atoms with Crippen LogP contribution in [0, 0.1) is 0 Å². The van der Waals surface area contributed by atoms with Gasteiger partial charge in [-0.3, -0.25) is 9.89 Å². The second-order valence-electron chi connectivity index (χ2n) is 6.05. The van der Waals surface area contributed by atoms with Crippen LogP contribution in [-0.4, -0.2) is 69.1 Å². The Kier molecular flexibility index (Phi) is 7.42. The smallest absolute Gasteiger partial charge is 0.191 e. The topological polar surface area (TPSA) is 56.0 Å². The molecule has 1 aromatic rings. The molecule has 0 amide bonds. The standard InChI is InChI=1S/C17H31N5O/c1-4-21(3)12-9-19-17(18-2)20-14-15(16-8-7-13-23-16)22-10-5-6-11-22/h7-8,13,15H,4-6,9-12,14H2,1-3H3,(H2,18,19,20). The molecule has 0 spiro atoms. The van der Waals surface area contributed by atoms with Gasteiger partial charge in [-0.15, -0.1) is 0 Å². The Morgan fingerprint density at radius 2 is 2.17 bits per heavy atom. The lowest BCUT2D eigenvalue weighted by molar-refractivity contribution is 0.215. The summed E-state index contributed by atoms with van der Waals surface area (Å²) in [6.07, 6.45) is 4.30. The molecule has 6 nitrogen and oxygen atoms in total. The van der Waals surface area contributed by atoms with Crippen LogP contribution in [0.5, 0.6) is 0 Å². The molecule has 130 valence electrons. The summed E-state index contributed by atoms with van der Waals surface area (Å²) < 4.78 is 5.65. The minimum absolute atomic E-state index is 0.268. The van der Waals surface area contributed by atoms with E-state index in [1.165, 1.54) is 12.8 Å². The first-order valence-corrected chi connectivity index (χ1v) is 8.65. The van der Waals surface area contributed by atoms with Crippen LogP contribution in [0.2, 0.25) is 0 Å². The third kappa shape index (κ3) is 5.55. The van der Waals surface area contributed by atoms with Crippen molar-refractivity contribution in [3.05, 3.63) is 24.2 Å². The summed E-state index contributed by atoms with van der Waals surface area (Å²) in [5.74, 6) is 1.88. The number of furan rings is 1. The van der Waals surface area contributed by atoms with E-state index in [1.54, 1.807) is 6.26 Å². The molecular formula is C17H31N5O. The number of likely N-dealkylation sites (N-methyl/N-ethyl adjacent to an activating group) is 1. The number of rotatable bonds is 8. The van der Waals surface area contributed by atoms with Crippen LogP contribution in [0.1, 0.15) is 31.6 Å². The molecule has 6 heteroatoms. The third-order valence-electron chi connectivity index (χ3n) is 4.47. The molecule has 0 radical (unpaired) electrons. The van der Waals surface area contributed by atoms with E-state index < -0.39 is 0 Å². The zero-order chi connectivity index (χ0) is 16.5. The molecule has 0 bridgehead atoms. The van der Waals surface area contributed by atoms with E-state index in [0.717, 1.165) is 51.0 Å². The number of hydrogen-bond donors (Lipinski definition) is 2. The maximum atomic E-state index is 5.65. The average molecular weight is 321 g/mol. The van der Waals surface area contributed by atoms with Crippen LogP contribution in [0.4, 0.5) is 0 Å². The first-order valence-electron chi connectivity index (χ1n) is 8.65. The molecule has 0 aromatic carbocycles. The highest BCUT2D eigenvalue weighted by Gasteiger charge is 2.25. The molecule has 2 heterocycles.